The smallest absolute Gasteiger partial charge is 0.280 e. The molecule has 0 radical (unpaired) electrons. The molecule has 1 N–H and O–H groups in total. The zero-order chi connectivity index (χ0) is 23.9. The normalized spacial score (nSPS) is 18.5. The van der Waals surface area contributed by atoms with Crippen molar-refractivity contribution in [1.82, 2.24) is 29.3 Å². The molecule has 1 atom stereocenters. The molecule has 4 heterocycles. The van der Waals surface area contributed by atoms with Crippen molar-refractivity contribution in [2.75, 3.05) is 40.3 Å². The Bertz CT molecular complexity index is 1120. The third kappa shape index (κ3) is 4.67. The summed E-state index contributed by atoms with van der Waals surface area (Å²) in [6, 6.07) is 1.81. The first-order valence-electron chi connectivity index (χ1n) is 11.5. The van der Waals surface area contributed by atoms with Gasteiger partial charge in [-0.2, -0.15) is 9.61 Å². The molecule has 1 unspecified atom stereocenters. The number of hydrogen-bond acceptors (Lipinski definition) is 6. The summed E-state index contributed by atoms with van der Waals surface area (Å²) in [5, 5.41) is 7.46. The van der Waals surface area contributed by atoms with Crippen molar-refractivity contribution in [1.29, 1.82) is 0 Å². The molecule has 0 bridgehead atoms. The van der Waals surface area contributed by atoms with Crippen LogP contribution in [-0.4, -0.2) is 82.2 Å². The quantitative estimate of drug-likeness (QED) is 0.652. The van der Waals surface area contributed by atoms with Crippen LogP contribution in [0.1, 0.15) is 55.4 Å². The van der Waals surface area contributed by atoms with Crippen LogP contribution in [0, 0.1) is 0 Å². The number of nitrogens with zero attached hydrogens (tertiary/aromatic N) is 5. The fourth-order valence-corrected chi connectivity index (χ4v) is 4.35. The molecule has 2 aliphatic rings. The van der Waals surface area contributed by atoms with Gasteiger partial charge < -0.3 is 24.4 Å². The maximum atomic E-state index is 13.4. The molecule has 0 aromatic carbocycles. The number of carbonyl (C=O) groups is 2. The Balaban J connectivity index is 1.73. The Labute approximate surface area is 193 Å². The van der Waals surface area contributed by atoms with Gasteiger partial charge in [0.1, 0.15) is 17.9 Å². The highest BCUT2D eigenvalue weighted by atomic mass is 16.5. The van der Waals surface area contributed by atoms with Crippen LogP contribution >= 0.6 is 0 Å². The maximum absolute atomic E-state index is 13.4. The summed E-state index contributed by atoms with van der Waals surface area (Å²) in [5.74, 6) is -0.451. The molecule has 2 aromatic rings. The maximum Gasteiger partial charge on any atom is 0.280 e. The van der Waals surface area contributed by atoms with Gasteiger partial charge in [0.05, 0.1) is 23.9 Å². The number of nitrogens with one attached hydrogen (secondary N) is 1. The van der Waals surface area contributed by atoms with Gasteiger partial charge in [0.15, 0.2) is 0 Å². The average Bonchev–Trinajstić information content (AvgIpc) is 3.45. The summed E-state index contributed by atoms with van der Waals surface area (Å²) in [6.07, 6.45) is 1.86. The lowest BCUT2D eigenvalue weighted by Crippen LogP contribution is -2.36. The van der Waals surface area contributed by atoms with E-state index in [2.05, 4.69) is 10.4 Å². The van der Waals surface area contributed by atoms with Crippen molar-refractivity contribution in [2.24, 2.45) is 0 Å². The highest BCUT2D eigenvalue weighted by Gasteiger charge is 2.37. The largest absolute Gasteiger partial charge is 0.376 e. The Morgan fingerprint density at radius 3 is 2.70 bits per heavy atom. The Morgan fingerprint density at radius 2 is 2.06 bits per heavy atom. The van der Waals surface area contributed by atoms with Crippen LogP contribution in [0.3, 0.4) is 0 Å². The highest BCUT2D eigenvalue weighted by molar-refractivity contribution is 5.97. The molecule has 0 saturated carbocycles. The van der Waals surface area contributed by atoms with Gasteiger partial charge in [0.2, 0.25) is 5.91 Å². The van der Waals surface area contributed by atoms with Gasteiger partial charge in [-0.1, -0.05) is 20.8 Å². The summed E-state index contributed by atoms with van der Waals surface area (Å²) in [5.41, 5.74) is 1.27. The van der Waals surface area contributed by atoms with Crippen LogP contribution in [0.5, 0.6) is 0 Å². The molecule has 10 heteroatoms. The highest BCUT2D eigenvalue weighted by Crippen LogP contribution is 2.27. The minimum Gasteiger partial charge on any atom is -0.376 e. The van der Waals surface area contributed by atoms with Crippen molar-refractivity contribution in [2.45, 2.75) is 58.2 Å². The number of likely N-dealkylation sites (N-methyl/N-ethyl adjacent to an activating group) is 1. The lowest BCUT2D eigenvalue weighted by atomic mass is 9.93. The van der Waals surface area contributed by atoms with Gasteiger partial charge in [0.25, 0.3) is 11.5 Å². The second-order valence-electron chi connectivity index (χ2n) is 10.2. The number of hydrogen-bond donors (Lipinski definition) is 1. The fourth-order valence-electron chi connectivity index (χ4n) is 4.35. The average molecular weight is 459 g/mol. The van der Waals surface area contributed by atoms with Gasteiger partial charge >= 0.3 is 0 Å². The van der Waals surface area contributed by atoms with Crippen molar-refractivity contribution in [3.8, 4) is 0 Å². The van der Waals surface area contributed by atoms with E-state index in [1.807, 2.05) is 45.8 Å². The van der Waals surface area contributed by atoms with Crippen LogP contribution in [0.15, 0.2) is 10.9 Å². The van der Waals surface area contributed by atoms with Crippen molar-refractivity contribution < 1.29 is 14.3 Å². The fraction of sp³-hybridized carbons (Fsp3) is 0.652. The first kappa shape index (κ1) is 23.4. The predicted molar refractivity (Wildman–Crippen MR) is 123 cm³/mol. The van der Waals surface area contributed by atoms with E-state index in [1.165, 1.54) is 4.52 Å². The molecule has 2 amide bonds. The lowest BCUT2D eigenvalue weighted by molar-refractivity contribution is -0.121. The third-order valence-electron chi connectivity index (χ3n) is 6.21. The number of amides is 2. The van der Waals surface area contributed by atoms with Crippen LogP contribution in [-0.2, 0) is 28.0 Å². The van der Waals surface area contributed by atoms with E-state index < -0.39 is 0 Å². The second kappa shape index (κ2) is 8.90. The minimum atomic E-state index is -0.303. The molecule has 1 saturated heterocycles. The molecule has 0 aliphatic carbocycles. The van der Waals surface area contributed by atoms with Crippen LogP contribution < -0.4 is 10.9 Å². The predicted octanol–water partition coefficient (Wildman–Crippen LogP) is 0.606. The topological polar surface area (TPSA) is 101 Å². The van der Waals surface area contributed by atoms with Gasteiger partial charge in [0, 0.05) is 37.7 Å². The van der Waals surface area contributed by atoms with E-state index in [0.29, 0.717) is 37.5 Å². The molecule has 180 valence electrons. The summed E-state index contributed by atoms with van der Waals surface area (Å²) in [6.45, 7) is 8.53. The van der Waals surface area contributed by atoms with Gasteiger partial charge in [-0.15, -0.1) is 0 Å². The van der Waals surface area contributed by atoms with Crippen LogP contribution in [0.25, 0.3) is 5.65 Å². The Hall–Kier alpha value is -2.72. The molecule has 2 aromatic heterocycles. The van der Waals surface area contributed by atoms with E-state index in [-0.39, 0.29) is 47.7 Å². The van der Waals surface area contributed by atoms with Gasteiger partial charge in [-0.3, -0.25) is 14.4 Å². The molecule has 10 nitrogen and oxygen atoms in total. The number of aromatic nitrogens is 3. The zero-order valence-corrected chi connectivity index (χ0v) is 20.2. The summed E-state index contributed by atoms with van der Waals surface area (Å²) in [7, 11) is 3.87. The Kier molecular flexibility index (Phi) is 6.32. The second-order valence-corrected chi connectivity index (χ2v) is 10.2. The molecule has 2 aliphatic heterocycles. The first-order valence-corrected chi connectivity index (χ1v) is 11.5. The van der Waals surface area contributed by atoms with Crippen LogP contribution in [0.4, 0.5) is 0 Å². The van der Waals surface area contributed by atoms with E-state index in [1.54, 1.807) is 9.47 Å². The first-order chi connectivity index (χ1) is 15.6. The molecule has 33 heavy (non-hydrogen) atoms. The van der Waals surface area contributed by atoms with E-state index >= 15 is 0 Å². The summed E-state index contributed by atoms with van der Waals surface area (Å²) in [4.78, 5) is 43.2. The standard InChI is InChI=1S/C23H34N6O4/c1-23(2,3)17-11-19-28(14-18(30)24-8-9-26(4)5)20-16(21(31)29(19)25-17)13-27(22(20)32)12-15-7-6-10-33-15/h11,15H,6-10,12-14H2,1-5H3,(H,24,30). The number of ether oxygens (including phenoxy) is 1. The van der Waals surface area contributed by atoms with Crippen molar-refractivity contribution in [3.63, 3.8) is 0 Å². The van der Waals surface area contributed by atoms with E-state index in [9.17, 15) is 14.4 Å². The van der Waals surface area contributed by atoms with Crippen LogP contribution in [0.2, 0.25) is 0 Å². The minimum absolute atomic E-state index is 0.0160. The number of fused-ring (bicyclic) bond motifs is 2. The van der Waals surface area contributed by atoms with Crippen molar-refractivity contribution in [3.05, 3.63) is 33.4 Å². The Morgan fingerprint density at radius 1 is 1.30 bits per heavy atom. The molecular weight excluding hydrogens is 424 g/mol. The third-order valence-corrected chi connectivity index (χ3v) is 6.21. The van der Waals surface area contributed by atoms with Gasteiger partial charge in [-0.25, -0.2) is 0 Å². The summed E-state index contributed by atoms with van der Waals surface area (Å²) >= 11 is 0. The molecular formula is C23H34N6O4. The van der Waals surface area contributed by atoms with Crippen molar-refractivity contribution >= 4 is 17.5 Å². The zero-order valence-electron chi connectivity index (χ0n) is 20.2. The van der Waals surface area contributed by atoms with E-state index in [4.69, 9.17) is 4.74 Å². The van der Waals surface area contributed by atoms with E-state index in [0.717, 1.165) is 18.5 Å². The number of rotatable bonds is 7. The summed E-state index contributed by atoms with van der Waals surface area (Å²) < 4.78 is 8.70. The molecule has 4 rings (SSSR count). The molecule has 0 spiro atoms. The van der Waals surface area contributed by atoms with Gasteiger partial charge in [-0.05, 0) is 26.9 Å². The SMILES string of the molecule is CN(C)CCNC(=O)Cn1c2c(c(=O)n3nc(C(C)(C)C)cc13)CN(CC1CCCO1)C2=O. The monoisotopic (exact) mass is 458 g/mol. The number of carbonyl (C=O) groups excluding carboxylic acids is 2. The lowest BCUT2D eigenvalue weighted by Gasteiger charge is -2.20. The molecule has 1 fully saturated rings.